The SMILES string of the molecule is N=C(N=C(N=Cc1cccc(-c2cccc3c2oc2ccccc23)c1)c1cccc2oc3ccccc3c12)c1cccc(-c2ccccc2)c1. The maximum Gasteiger partial charge on any atom is 0.162 e. The van der Waals surface area contributed by atoms with Gasteiger partial charge >= 0.3 is 0 Å². The van der Waals surface area contributed by atoms with Crippen LogP contribution in [0, 0.1) is 5.41 Å². The van der Waals surface area contributed by atoms with Gasteiger partial charge in [0.2, 0.25) is 0 Å². The van der Waals surface area contributed by atoms with Gasteiger partial charge in [0.05, 0.1) is 0 Å². The van der Waals surface area contributed by atoms with Crippen LogP contribution >= 0.6 is 0 Å². The minimum atomic E-state index is 0.116. The van der Waals surface area contributed by atoms with Gasteiger partial charge in [0, 0.05) is 44.4 Å². The zero-order valence-electron chi connectivity index (χ0n) is 26.9. The molecule has 0 aliphatic carbocycles. The van der Waals surface area contributed by atoms with E-state index in [9.17, 15) is 0 Å². The third-order valence-corrected chi connectivity index (χ3v) is 9.04. The molecule has 0 bridgehead atoms. The van der Waals surface area contributed by atoms with Crippen molar-refractivity contribution in [3.8, 4) is 22.3 Å². The largest absolute Gasteiger partial charge is 0.456 e. The first kappa shape index (κ1) is 29.3. The summed E-state index contributed by atoms with van der Waals surface area (Å²) in [6.45, 7) is 0. The van der Waals surface area contributed by atoms with Gasteiger partial charge in [-0.25, -0.2) is 9.98 Å². The van der Waals surface area contributed by atoms with Crippen LogP contribution in [0.15, 0.2) is 183 Å². The standard InChI is InChI=1S/C45H29N3O2/c46-44(33-17-9-15-31(27-33)30-13-2-1-3-14-30)48-45(38-22-11-25-41-42(38)37-19-5-7-24-40(37)49-41)47-28-29-12-8-16-32(26-29)34-20-10-21-36-35-18-4-6-23-39(35)50-43(34)36/h1-28,46H. The monoisotopic (exact) mass is 643 g/mol. The highest BCUT2D eigenvalue weighted by atomic mass is 16.3. The smallest absolute Gasteiger partial charge is 0.162 e. The molecule has 0 atom stereocenters. The normalized spacial score (nSPS) is 12.1. The van der Waals surface area contributed by atoms with Crippen molar-refractivity contribution in [2.24, 2.45) is 9.98 Å². The number of amidine groups is 2. The summed E-state index contributed by atoms with van der Waals surface area (Å²) in [5, 5.41) is 13.2. The number of nitrogens with zero attached hydrogens (tertiary/aromatic N) is 2. The minimum Gasteiger partial charge on any atom is -0.456 e. The van der Waals surface area contributed by atoms with Crippen LogP contribution in [-0.2, 0) is 0 Å². The van der Waals surface area contributed by atoms with Crippen molar-refractivity contribution < 1.29 is 8.83 Å². The van der Waals surface area contributed by atoms with Gasteiger partial charge in [0.1, 0.15) is 22.3 Å². The van der Waals surface area contributed by atoms with Crippen LogP contribution in [0.1, 0.15) is 16.7 Å². The summed E-state index contributed by atoms with van der Waals surface area (Å²) in [4.78, 5) is 9.89. The quantitative estimate of drug-likeness (QED) is 0.150. The summed E-state index contributed by atoms with van der Waals surface area (Å²) in [5.41, 5.74) is 9.76. The summed E-state index contributed by atoms with van der Waals surface area (Å²) in [6.07, 6.45) is 1.82. The van der Waals surface area contributed by atoms with E-state index in [2.05, 4.69) is 48.5 Å². The van der Waals surface area contributed by atoms with Crippen molar-refractivity contribution in [2.45, 2.75) is 0 Å². The highest BCUT2D eigenvalue weighted by Crippen LogP contribution is 2.36. The van der Waals surface area contributed by atoms with Crippen LogP contribution in [0.4, 0.5) is 0 Å². The molecule has 0 saturated carbocycles. The molecule has 0 aliphatic heterocycles. The Morgan fingerprint density at radius 2 is 1.18 bits per heavy atom. The van der Waals surface area contributed by atoms with Crippen molar-refractivity contribution in [2.75, 3.05) is 0 Å². The predicted octanol–water partition coefficient (Wildman–Crippen LogP) is 11.7. The molecule has 0 fully saturated rings. The van der Waals surface area contributed by atoms with Gasteiger partial charge in [-0.1, -0.05) is 133 Å². The molecule has 0 aliphatic rings. The molecule has 0 saturated heterocycles. The topological polar surface area (TPSA) is 74.8 Å². The van der Waals surface area contributed by atoms with Gasteiger partial charge in [0.15, 0.2) is 11.7 Å². The third kappa shape index (κ3) is 5.27. The molecule has 0 amide bonds. The average molecular weight is 644 g/mol. The van der Waals surface area contributed by atoms with Gasteiger partial charge in [-0.3, -0.25) is 5.41 Å². The van der Waals surface area contributed by atoms with E-state index in [0.717, 1.165) is 77.3 Å². The van der Waals surface area contributed by atoms with E-state index < -0.39 is 0 Å². The van der Waals surface area contributed by atoms with Crippen molar-refractivity contribution in [3.63, 3.8) is 0 Å². The molecule has 0 unspecified atom stereocenters. The molecular formula is C45H29N3O2. The molecule has 9 aromatic rings. The molecule has 9 rings (SSSR count). The zero-order chi connectivity index (χ0) is 33.4. The lowest BCUT2D eigenvalue weighted by molar-refractivity contribution is 0.669. The molecule has 0 spiro atoms. The number of furan rings is 2. The van der Waals surface area contributed by atoms with Gasteiger partial charge in [-0.2, -0.15) is 0 Å². The first-order valence-electron chi connectivity index (χ1n) is 16.5. The summed E-state index contributed by atoms with van der Waals surface area (Å²) in [5.74, 6) is 0.534. The molecule has 0 radical (unpaired) electrons. The Bertz CT molecular complexity index is 2790. The van der Waals surface area contributed by atoms with E-state index in [1.165, 1.54) is 0 Å². The Kier molecular flexibility index (Phi) is 7.21. The first-order chi connectivity index (χ1) is 24.7. The second-order valence-electron chi connectivity index (χ2n) is 12.2. The number of benzene rings is 7. The van der Waals surface area contributed by atoms with Gasteiger partial charge in [0.25, 0.3) is 0 Å². The maximum atomic E-state index is 9.16. The highest BCUT2D eigenvalue weighted by molar-refractivity contribution is 6.22. The van der Waals surface area contributed by atoms with E-state index in [1.54, 1.807) is 0 Å². The number of nitrogens with one attached hydrogen (secondary N) is 1. The molecule has 236 valence electrons. The molecule has 1 N–H and O–H groups in total. The van der Waals surface area contributed by atoms with Crippen LogP contribution in [-0.4, -0.2) is 17.9 Å². The molecular weight excluding hydrogens is 615 g/mol. The van der Waals surface area contributed by atoms with Gasteiger partial charge < -0.3 is 8.83 Å². The lowest BCUT2D eigenvalue weighted by atomic mass is 10.0. The van der Waals surface area contributed by atoms with Crippen molar-refractivity contribution >= 4 is 61.8 Å². The molecule has 2 aromatic heterocycles. The number of hydrogen-bond acceptors (Lipinski definition) is 3. The Morgan fingerprint density at radius 3 is 2.06 bits per heavy atom. The Hall–Kier alpha value is -6.85. The van der Waals surface area contributed by atoms with E-state index >= 15 is 0 Å². The zero-order valence-corrected chi connectivity index (χ0v) is 26.9. The van der Waals surface area contributed by atoms with E-state index in [4.69, 9.17) is 24.2 Å². The average Bonchev–Trinajstić information content (AvgIpc) is 3.76. The summed E-state index contributed by atoms with van der Waals surface area (Å²) in [6, 6.07) is 54.5. The van der Waals surface area contributed by atoms with Crippen LogP contribution in [0.25, 0.3) is 66.1 Å². The summed E-state index contributed by atoms with van der Waals surface area (Å²) >= 11 is 0. The Morgan fingerprint density at radius 1 is 0.520 bits per heavy atom. The van der Waals surface area contributed by atoms with E-state index in [0.29, 0.717) is 11.4 Å². The maximum absolute atomic E-state index is 9.16. The molecule has 2 heterocycles. The fourth-order valence-electron chi connectivity index (χ4n) is 6.66. The number of fused-ring (bicyclic) bond motifs is 6. The minimum absolute atomic E-state index is 0.116. The fourth-order valence-corrected chi connectivity index (χ4v) is 6.66. The van der Waals surface area contributed by atoms with Crippen LogP contribution in [0.5, 0.6) is 0 Å². The summed E-state index contributed by atoms with van der Waals surface area (Å²) in [7, 11) is 0. The van der Waals surface area contributed by atoms with Crippen LogP contribution < -0.4 is 0 Å². The second-order valence-corrected chi connectivity index (χ2v) is 12.2. The van der Waals surface area contributed by atoms with Crippen LogP contribution in [0.3, 0.4) is 0 Å². The first-order valence-corrected chi connectivity index (χ1v) is 16.5. The number of rotatable bonds is 5. The lowest BCUT2D eigenvalue weighted by Crippen LogP contribution is -2.05. The molecule has 50 heavy (non-hydrogen) atoms. The number of para-hydroxylation sites is 3. The summed E-state index contributed by atoms with van der Waals surface area (Å²) < 4.78 is 12.6. The molecule has 5 nitrogen and oxygen atoms in total. The van der Waals surface area contributed by atoms with E-state index in [-0.39, 0.29) is 5.84 Å². The van der Waals surface area contributed by atoms with Crippen molar-refractivity contribution in [1.29, 1.82) is 5.41 Å². The second kappa shape index (κ2) is 12.3. The van der Waals surface area contributed by atoms with E-state index in [1.807, 2.05) is 121 Å². The van der Waals surface area contributed by atoms with Crippen molar-refractivity contribution in [1.82, 2.24) is 0 Å². The fraction of sp³-hybridized carbons (Fsp3) is 0. The predicted molar refractivity (Wildman–Crippen MR) is 206 cm³/mol. The van der Waals surface area contributed by atoms with Crippen molar-refractivity contribution in [3.05, 3.63) is 180 Å². The van der Waals surface area contributed by atoms with Crippen LogP contribution in [0.2, 0.25) is 0 Å². The molecule has 5 heteroatoms. The van der Waals surface area contributed by atoms with Gasteiger partial charge in [-0.05, 0) is 52.6 Å². The van der Waals surface area contributed by atoms with Gasteiger partial charge in [-0.15, -0.1) is 0 Å². The third-order valence-electron chi connectivity index (χ3n) is 9.04. The highest BCUT2D eigenvalue weighted by Gasteiger charge is 2.16. The number of hydrogen-bond donors (Lipinski definition) is 1. The Labute approximate surface area is 288 Å². The Balaban J connectivity index is 1.15. The number of aliphatic imine (C=N–C) groups is 2. The lowest BCUT2D eigenvalue weighted by Gasteiger charge is -2.08. The molecule has 7 aromatic carbocycles.